The molecule has 0 aliphatic carbocycles. The van der Waals surface area contributed by atoms with Gasteiger partial charge in [-0.3, -0.25) is 4.79 Å². The van der Waals surface area contributed by atoms with E-state index in [4.69, 9.17) is 49.0 Å². The molecule has 41 heavy (non-hydrogen) atoms. The van der Waals surface area contributed by atoms with Crippen LogP contribution in [0.2, 0.25) is 15.1 Å². The number of halogens is 3. The molecule has 0 aliphatic rings. The Labute approximate surface area is 253 Å². The van der Waals surface area contributed by atoms with E-state index in [1.54, 1.807) is 57.7 Å². The van der Waals surface area contributed by atoms with E-state index in [-0.39, 0.29) is 18.0 Å². The summed E-state index contributed by atoms with van der Waals surface area (Å²) in [6.45, 7) is 0.998. The van der Waals surface area contributed by atoms with Crippen LogP contribution in [0.25, 0.3) is 0 Å². The Bertz CT molecular complexity index is 1540. The highest BCUT2D eigenvalue weighted by Crippen LogP contribution is 2.27. The molecule has 0 atom stereocenters. The minimum absolute atomic E-state index is 0.244. The van der Waals surface area contributed by atoms with Gasteiger partial charge in [0.2, 0.25) is 5.95 Å². The van der Waals surface area contributed by atoms with Crippen LogP contribution < -0.4 is 30.2 Å². The molecule has 0 bridgehead atoms. The molecule has 0 unspecified atom stereocenters. The highest BCUT2D eigenvalue weighted by molar-refractivity contribution is 6.32. The molecule has 214 valence electrons. The van der Waals surface area contributed by atoms with Crippen LogP contribution in [0.15, 0.2) is 60.8 Å². The lowest BCUT2D eigenvalue weighted by molar-refractivity contribution is 0.0951. The molecule has 0 saturated carbocycles. The Morgan fingerprint density at radius 3 is 1.63 bits per heavy atom. The molecular formula is C29H28Cl3N5O4. The first-order chi connectivity index (χ1) is 19.8. The first-order valence-electron chi connectivity index (χ1n) is 12.4. The number of aromatic nitrogens is 2. The first kappa shape index (κ1) is 30.0. The second-order valence-corrected chi connectivity index (χ2v) is 9.97. The van der Waals surface area contributed by atoms with Crippen molar-refractivity contribution in [2.45, 2.75) is 19.6 Å². The lowest BCUT2D eigenvalue weighted by atomic mass is 10.2. The molecule has 4 aromatic rings. The van der Waals surface area contributed by atoms with E-state index in [2.05, 4.69) is 25.9 Å². The zero-order valence-electron chi connectivity index (χ0n) is 22.6. The van der Waals surface area contributed by atoms with Gasteiger partial charge >= 0.3 is 0 Å². The van der Waals surface area contributed by atoms with Gasteiger partial charge in [0, 0.05) is 25.8 Å². The van der Waals surface area contributed by atoms with E-state index >= 15 is 0 Å². The van der Waals surface area contributed by atoms with Crippen molar-refractivity contribution in [3.05, 3.63) is 98.1 Å². The molecule has 0 radical (unpaired) electrons. The van der Waals surface area contributed by atoms with E-state index in [1.807, 2.05) is 18.2 Å². The van der Waals surface area contributed by atoms with Crippen molar-refractivity contribution in [1.29, 1.82) is 0 Å². The third-order valence-corrected chi connectivity index (χ3v) is 6.93. The Morgan fingerprint density at radius 1 is 0.707 bits per heavy atom. The maximum atomic E-state index is 13.2. The smallest absolute Gasteiger partial charge is 0.256 e. The normalized spacial score (nSPS) is 10.6. The van der Waals surface area contributed by atoms with Crippen LogP contribution >= 0.6 is 34.8 Å². The second-order valence-electron chi connectivity index (χ2n) is 8.75. The van der Waals surface area contributed by atoms with E-state index in [9.17, 15) is 4.79 Å². The molecule has 4 rings (SSSR count). The highest BCUT2D eigenvalue weighted by Gasteiger charge is 2.16. The van der Waals surface area contributed by atoms with Crippen LogP contribution in [0.3, 0.4) is 0 Å². The molecule has 0 aliphatic heterocycles. The number of amides is 1. The SMILES string of the molecule is COc1ccc(CNC(=O)c2cnc(NCc3ccc(OC)c(Cl)c3)nc2NCc2ccc(OC)c(Cl)c2)cc1Cl. The molecular weight excluding hydrogens is 589 g/mol. The van der Waals surface area contributed by atoms with E-state index in [1.165, 1.54) is 6.20 Å². The summed E-state index contributed by atoms with van der Waals surface area (Å²) < 4.78 is 15.6. The zero-order chi connectivity index (χ0) is 29.4. The fraction of sp³-hybridized carbons (Fsp3) is 0.207. The Morgan fingerprint density at radius 2 is 1.17 bits per heavy atom. The fourth-order valence-electron chi connectivity index (χ4n) is 3.87. The van der Waals surface area contributed by atoms with Gasteiger partial charge in [0.1, 0.15) is 28.6 Å². The Hall–Kier alpha value is -3.92. The summed E-state index contributed by atoms with van der Waals surface area (Å²) in [6.07, 6.45) is 1.47. The number of carbonyl (C=O) groups is 1. The predicted molar refractivity (Wildman–Crippen MR) is 162 cm³/mol. The average molecular weight is 617 g/mol. The summed E-state index contributed by atoms with van der Waals surface area (Å²) in [5, 5.41) is 10.7. The number of carbonyl (C=O) groups excluding carboxylic acids is 1. The van der Waals surface area contributed by atoms with Gasteiger partial charge in [0.25, 0.3) is 5.91 Å². The number of hydrogen-bond donors (Lipinski definition) is 3. The number of anilines is 2. The molecule has 3 N–H and O–H groups in total. The van der Waals surface area contributed by atoms with E-state index < -0.39 is 0 Å². The molecule has 1 heterocycles. The second kappa shape index (κ2) is 14.1. The number of methoxy groups -OCH3 is 3. The molecule has 1 aromatic heterocycles. The zero-order valence-corrected chi connectivity index (χ0v) is 24.8. The van der Waals surface area contributed by atoms with Crippen LogP contribution in [0.1, 0.15) is 27.0 Å². The first-order valence-corrected chi connectivity index (χ1v) is 13.5. The van der Waals surface area contributed by atoms with Gasteiger partial charge in [-0.15, -0.1) is 0 Å². The Balaban J connectivity index is 1.52. The molecule has 12 heteroatoms. The van der Waals surface area contributed by atoms with E-state index in [0.717, 1.165) is 16.7 Å². The predicted octanol–water partition coefficient (Wildman–Crippen LogP) is 6.62. The lowest BCUT2D eigenvalue weighted by Crippen LogP contribution is -2.25. The minimum Gasteiger partial charge on any atom is -0.495 e. The van der Waals surface area contributed by atoms with Crippen LogP contribution in [-0.2, 0) is 19.6 Å². The van der Waals surface area contributed by atoms with Gasteiger partial charge in [-0.2, -0.15) is 4.98 Å². The number of hydrogen-bond acceptors (Lipinski definition) is 8. The van der Waals surface area contributed by atoms with Crippen molar-refractivity contribution in [3.8, 4) is 17.2 Å². The average Bonchev–Trinajstić information content (AvgIpc) is 2.98. The Kier molecular flexibility index (Phi) is 10.3. The summed E-state index contributed by atoms with van der Waals surface area (Å²) in [6, 6.07) is 16.2. The molecule has 9 nitrogen and oxygen atoms in total. The fourth-order valence-corrected chi connectivity index (χ4v) is 4.71. The maximum Gasteiger partial charge on any atom is 0.256 e. The van der Waals surface area contributed by atoms with Gasteiger partial charge in [0.05, 0.1) is 36.4 Å². The third kappa shape index (κ3) is 7.85. The number of nitrogens with zero attached hydrogens (tertiary/aromatic N) is 2. The van der Waals surface area contributed by atoms with Crippen LogP contribution in [-0.4, -0.2) is 37.2 Å². The van der Waals surface area contributed by atoms with Gasteiger partial charge in [0.15, 0.2) is 0 Å². The largest absolute Gasteiger partial charge is 0.495 e. The van der Waals surface area contributed by atoms with E-state index in [0.29, 0.717) is 57.2 Å². The number of rotatable bonds is 12. The summed E-state index contributed by atoms with van der Waals surface area (Å²) >= 11 is 18.8. The monoisotopic (exact) mass is 615 g/mol. The number of benzene rings is 3. The van der Waals surface area contributed by atoms with Crippen molar-refractivity contribution >= 4 is 52.5 Å². The van der Waals surface area contributed by atoms with Gasteiger partial charge in [-0.05, 0) is 53.1 Å². The molecule has 3 aromatic carbocycles. The molecule has 1 amide bonds. The third-order valence-electron chi connectivity index (χ3n) is 6.05. The van der Waals surface area contributed by atoms with Gasteiger partial charge in [-0.25, -0.2) is 4.98 Å². The standard InChI is InChI=1S/C29H28Cl3N5O4/c1-39-24-7-4-17(10-21(24)30)13-33-27-20(28(38)34-14-18-5-8-25(40-2)22(31)11-18)16-36-29(37-27)35-15-19-6-9-26(41-3)23(32)12-19/h4-12,16H,13-15H2,1-3H3,(H,34,38)(H2,33,35,36,37). The summed E-state index contributed by atoms with van der Waals surface area (Å²) in [4.78, 5) is 22.2. The quantitative estimate of drug-likeness (QED) is 0.163. The van der Waals surface area contributed by atoms with Crippen LogP contribution in [0.5, 0.6) is 17.2 Å². The summed E-state index contributed by atoms with van der Waals surface area (Å²) in [5.74, 6) is 2.02. The van der Waals surface area contributed by atoms with Crippen molar-refractivity contribution in [1.82, 2.24) is 15.3 Å². The van der Waals surface area contributed by atoms with Crippen molar-refractivity contribution in [3.63, 3.8) is 0 Å². The summed E-state index contributed by atoms with van der Waals surface area (Å²) in [7, 11) is 4.66. The minimum atomic E-state index is -0.360. The van der Waals surface area contributed by atoms with Crippen molar-refractivity contribution in [2.24, 2.45) is 0 Å². The van der Waals surface area contributed by atoms with Crippen molar-refractivity contribution in [2.75, 3.05) is 32.0 Å². The number of ether oxygens (including phenoxy) is 3. The van der Waals surface area contributed by atoms with Gasteiger partial charge in [-0.1, -0.05) is 53.0 Å². The molecule has 0 saturated heterocycles. The number of nitrogens with one attached hydrogen (secondary N) is 3. The van der Waals surface area contributed by atoms with Gasteiger partial charge < -0.3 is 30.2 Å². The highest BCUT2D eigenvalue weighted by atomic mass is 35.5. The van der Waals surface area contributed by atoms with Crippen LogP contribution in [0.4, 0.5) is 11.8 Å². The summed E-state index contributed by atoms with van der Waals surface area (Å²) in [5.41, 5.74) is 2.85. The maximum absolute atomic E-state index is 13.2. The topological polar surface area (TPSA) is 107 Å². The molecule has 0 spiro atoms. The lowest BCUT2D eigenvalue weighted by Gasteiger charge is -2.14. The van der Waals surface area contributed by atoms with Crippen LogP contribution in [0, 0.1) is 0 Å². The van der Waals surface area contributed by atoms with Crippen molar-refractivity contribution < 1.29 is 19.0 Å². The molecule has 0 fully saturated rings.